The lowest BCUT2D eigenvalue weighted by molar-refractivity contribution is -0.121. The summed E-state index contributed by atoms with van der Waals surface area (Å²) in [6, 6.07) is 17.2. The Balaban J connectivity index is 1.50. The Morgan fingerprint density at radius 1 is 1.16 bits per heavy atom. The minimum Gasteiger partial charge on any atom is -0.367 e. The fraction of sp³-hybridized carbons (Fsp3) is 0.381. The second-order valence-corrected chi connectivity index (χ2v) is 6.91. The van der Waals surface area contributed by atoms with E-state index in [1.54, 1.807) is 0 Å². The number of fused-ring (bicyclic) bond motifs is 1. The average molecular weight is 337 g/mol. The first-order valence-electron chi connectivity index (χ1n) is 9.05. The maximum Gasteiger partial charge on any atom is 0.220 e. The summed E-state index contributed by atoms with van der Waals surface area (Å²) in [5.74, 6) is 0.0649. The molecule has 3 rings (SSSR count). The molecule has 0 aromatic heterocycles. The van der Waals surface area contributed by atoms with E-state index in [2.05, 4.69) is 58.7 Å². The molecule has 0 spiro atoms. The van der Waals surface area contributed by atoms with E-state index in [-0.39, 0.29) is 11.9 Å². The molecule has 2 aromatic rings. The van der Waals surface area contributed by atoms with Gasteiger partial charge in [-0.05, 0) is 42.5 Å². The SMILES string of the molecule is CC(N)CCC(=O)NCc1ccc(CN2CCc3ccccc32)cc1. The number of carbonyl (C=O) groups is 1. The van der Waals surface area contributed by atoms with Crippen molar-refractivity contribution in [2.75, 3.05) is 11.4 Å². The highest BCUT2D eigenvalue weighted by molar-refractivity contribution is 5.75. The van der Waals surface area contributed by atoms with Crippen LogP contribution in [0.2, 0.25) is 0 Å². The maximum absolute atomic E-state index is 11.8. The van der Waals surface area contributed by atoms with E-state index in [0.717, 1.165) is 31.5 Å². The van der Waals surface area contributed by atoms with Crippen LogP contribution in [-0.4, -0.2) is 18.5 Å². The molecular weight excluding hydrogens is 310 g/mol. The number of para-hydroxylation sites is 1. The van der Waals surface area contributed by atoms with Crippen molar-refractivity contribution >= 4 is 11.6 Å². The van der Waals surface area contributed by atoms with Gasteiger partial charge in [-0.15, -0.1) is 0 Å². The molecule has 0 saturated carbocycles. The van der Waals surface area contributed by atoms with E-state index >= 15 is 0 Å². The molecule has 3 N–H and O–H groups in total. The van der Waals surface area contributed by atoms with E-state index in [1.807, 2.05) is 6.92 Å². The minimum atomic E-state index is 0.0649. The Hall–Kier alpha value is -2.33. The van der Waals surface area contributed by atoms with Gasteiger partial charge in [0.05, 0.1) is 0 Å². The highest BCUT2D eigenvalue weighted by Gasteiger charge is 2.18. The van der Waals surface area contributed by atoms with Gasteiger partial charge in [-0.1, -0.05) is 42.5 Å². The lowest BCUT2D eigenvalue weighted by atomic mass is 10.1. The molecule has 4 heteroatoms. The number of anilines is 1. The molecule has 1 atom stereocenters. The predicted molar refractivity (Wildman–Crippen MR) is 102 cm³/mol. The first-order valence-corrected chi connectivity index (χ1v) is 9.05. The van der Waals surface area contributed by atoms with Crippen LogP contribution in [0.4, 0.5) is 5.69 Å². The molecule has 25 heavy (non-hydrogen) atoms. The summed E-state index contributed by atoms with van der Waals surface area (Å²) in [5, 5.41) is 2.95. The Bertz CT molecular complexity index is 709. The van der Waals surface area contributed by atoms with Crippen LogP contribution in [0.5, 0.6) is 0 Å². The number of carbonyl (C=O) groups excluding carboxylic acids is 1. The monoisotopic (exact) mass is 337 g/mol. The fourth-order valence-electron chi connectivity index (χ4n) is 3.20. The van der Waals surface area contributed by atoms with E-state index in [0.29, 0.717) is 13.0 Å². The van der Waals surface area contributed by atoms with Crippen LogP contribution in [0.25, 0.3) is 0 Å². The van der Waals surface area contributed by atoms with Crippen molar-refractivity contribution in [2.45, 2.75) is 45.3 Å². The van der Waals surface area contributed by atoms with Crippen LogP contribution in [0.15, 0.2) is 48.5 Å². The molecule has 0 radical (unpaired) electrons. The van der Waals surface area contributed by atoms with Crippen LogP contribution in [0.1, 0.15) is 36.5 Å². The van der Waals surface area contributed by atoms with Crippen molar-refractivity contribution in [3.05, 3.63) is 65.2 Å². The van der Waals surface area contributed by atoms with Gasteiger partial charge in [0.15, 0.2) is 0 Å². The molecule has 4 nitrogen and oxygen atoms in total. The number of nitrogens with zero attached hydrogens (tertiary/aromatic N) is 1. The Morgan fingerprint density at radius 3 is 2.64 bits per heavy atom. The van der Waals surface area contributed by atoms with Gasteiger partial charge < -0.3 is 16.0 Å². The maximum atomic E-state index is 11.8. The van der Waals surface area contributed by atoms with Gasteiger partial charge in [0.1, 0.15) is 0 Å². The van der Waals surface area contributed by atoms with Crippen molar-refractivity contribution in [3.8, 4) is 0 Å². The third kappa shape index (κ3) is 4.83. The van der Waals surface area contributed by atoms with Crippen LogP contribution >= 0.6 is 0 Å². The van der Waals surface area contributed by atoms with Gasteiger partial charge in [-0.2, -0.15) is 0 Å². The molecule has 1 aliphatic rings. The quantitative estimate of drug-likeness (QED) is 0.816. The van der Waals surface area contributed by atoms with E-state index < -0.39 is 0 Å². The molecule has 0 fully saturated rings. The van der Waals surface area contributed by atoms with Crippen molar-refractivity contribution < 1.29 is 4.79 Å². The number of hydrogen-bond donors (Lipinski definition) is 2. The lowest BCUT2D eigenvalue weighted by Gasteiger charge is -2.19. The summed E-state index contributed by atoms with van der Waals surface area (Å²) in [6.07, 6.45) is 2.34. The van der Waals surface area contributed by atoms with Crippen LogP contribution in [0.3, 0.4) is 0 Å². The molecule has 1 aliphatic heterocycles. The number of nitrogens with two attached hydrogens (primary N) is 1. The molecule has 1 unspecified atom stereocenters. The zero-order valence-corrected chi connectivity index (χ0v) is 14.9. The fourth-order valence-corrected chi connectivity index (χ4v) is 3.20. The molecular formula is C21H27N3O. The second kappa shape index (κ2) is 8.17. The van der Waals surface area contributed by atoms with Gasteiger partial charge in [0.25, 0.3) is 0 Å². The van der Waals surface area contributed by atoms with Gasteiger partial charge in [0, 0.05) is 37.8 Å². The molecule has 0 aliphatic carbocycles. The Kier molecular flexibility index (Phi) is 5.71. The standard InChI is InChI=1S/C21H27N3O/c1-16(22)6-11-21(25)23-14-17-7-9-18(10-8-17)15-24-13-12-19-4-2-3-5-20(19)24/h2-5,7-10,16H,6,11-15,22H2,1H3,(H,23,25). The number of amides is 1. The van der Waals surface area contributed by atoms with Crippen LogP contribution in [-0.2, 0) is 24.3 Å². The molecule has 1 heterocycles. The molecule has 0 bridgehead atoms. The van der Waals surface area contributed by atoms with Gasteiger partial charge in [0.2, 0.25) is 5.91 Å². The second-order valence-electron chi connectivity index (χ2n) is 6.91. The number of rotatable bonds is 7. The lowest BCUT2D eigenvalue weighted by Crippen LogP contribution is -2.25. The van der Waals surface area contributed by atoms with Crippen molar-refractivity contribution in [1.82, 2.24) is 5.32 Å². The first-order chi connectivity index (χ1) is 12.1. The minimum absolute atomic E-state index is 0.0649. The predicted octanol–water partition coefficient (Wildman–Crippen LogP) is 2.99. The van der Waals surface area contributed by atoms with Gasteiger partial charge in [-0.3, -0.25) is 4.79 Å². The highest BCUT2D eigenvalue weighted by Crippen LogP contribution is 2.28. The molecule has 2 aromatic carbocycles. The highest BCUT2D eigenvalue weighted by atomic mass is 16.1. The third-order valence-electron chi connectivity index (χ3n) is 4.70. The smallest absolute Gasteiger partial charge is 0.220 e. The summed E-state index contributed by atoms with van der Waals surface area (Å²) < 4.78 is 0. The number of nitrogens with one attached hydrogen (secondary N) is 1. The zero-order chi connectivity index (χ0) is 17.6. The molecule has 1 amide bonds. The van der Waals surface area contributed by atoms with Crippen LogP contribution < -0.4 is 16.0 Å². The Morgan fingerprint density at radius 2 is 1.88 bits per heavy atom. The Labute approximate surface area is 150 Å². The topological polar surface area (TPSA) is 58.4 Å². The van der Waals surface area contributed by atoms with Crippen LogP contribution in [0, 0.1) is 0 Å². The molecule has 132 valence electrons. The zero-order valence-electron chi connectivity index (χ0n) is 14.9. The van der Waals surface area contributed by atoms with E-state index in [9.17, 15) is 4.79 Å². The van der Waals surface area contributed by atoms with Crippen molar-refractivity contribution in [3.63, 3.8) is 0 Å². The normalized spacial score (nSPS) is 14.2. The number of benzene rings is 2. The van der Waals surface area contributed by atoms with E-state index in [1.165, 1.54) is 16.8 Å². The first kappa shape index (κ1) is 17.5. The average Bonchev–Trinajstić information content (AvgIpc) is 3.02. The largest absolute Gasteiger partial charge is 0.367 e. The third-order valence-corrected chi connectivity index (χ3v) is 4.70. The van der Waals surface area contributed by atoms with Gasteiger partial charge >= 0.3 is 0 Å². The summed E-state index contributed by atoms with van der Waals surface area (Å²) in [7, 11) is 0. The van der Waals surface area contributed by atoms with Crippen molar-refractivity contribution in [1.29, 1.82) is 0 Å². The summed E-state index contributed by atoms with van der Waals surface area (Å²) in [4.78, 5) is 14.2. The molecule has 0 saturated heterocycles. The van der Waals surface area contributed by atoms with Gasteiger partial charge in [-0.25, -0.2) is 0 Å². The summed E-state index contributed by atoms with van der Waals surface area (Å²) in [6.45, 7) is 4.50. The summed E-state index contributed by atoms with van der Waals surface area (Å²) >= 11 is 0. The number of hydrogen-bond acceptors (Lipinski definition) is 3. The van der Waals surface area contributed by atoms with E-state index in [4.69, 9.17) is 5.73 Å². The van der Waals surface area contributed by atoms with Crippen molar-refractivity contribution in [2.24, 2.45) is 5.73 Å². The summed E-state index contributed by atoms with van der Waals surface area (Å²) in [5.41, 5.74) is 10.9.